The van der Waals surface area contributed by atoms with E-state index in [0.29, 0.717) is 24.7 Å². The highest BCUT2D eigenvalue weighted by molar-refractivity contribution is 7.91. The number of carbonyl (C=O) groups is 1. The predicted molar refractivity (Wildman–Crippen MR) is 141 cm³/mol. The Morgan fingerprint density at radius 1 is 1.07 bits per heavy atom. The molecule has 0 spiro atoms. The van der Waals surface area contributed by atoms with Crippen LogP contribution in [0, 0.1) is 24.4 Å². The fourth-order valence-electron chi connectivity index (χ4n) is 4.60. The van der Waals surface area contributed by atoms with Gasteiger partial charge in [-0.2, -0.15) is 0 Å². The lowest BCUT2D eigenvalue weighted by molar-refractivity contribution is 0.0973. The summed E-state index contributed by atoms with van der Waals surface area (Å²) in [6.45, 7) is 0.811. The Kier molecular flexibility index (Phi) is 6.65. The molecule has 2 heterocycles. The lowest BCUT2D eigenvalue weighted by Gasteiger charge is -2.15. The molecule has 1 amide bonds. The zero-order valence-electron chi connectivity index (χ0n) is 21.1. The number of halogens is 3. The molecule has 9 nitrogen and oxygen atoms in total. The van der Waals surface area contributed by atoms with Crippen molar-refractivity contribution in [2.45, 2.75) is 36.5 Å². The highest BCUT2D eigenvalue weighted by atomic mass is 32.2. The number of amides is 1. The summed E-state index contributed by atoms with van der Waals surface area (Å²) in [5, 5.41) is -0.526. The molecule has 2 aromatic heterocycles. The Labute approximate surface area is 226 Å². The van der Waals surface area contributed by atoms with E-state index in [-0.39, 0.29) is 28.1 Å². The summed E-state index contributed by atoms with van der Waals surface area (Å²) in [5.41, 5.74) is -1.31. The second-order valence-electron chi connectivity index (χ2n) is 9.65. The van der Waals surface area contributed by atoms with Crippen molar-refractivity contribution >= 4 is 36.7 Å². The van der Waals surface area contributed by atoms with Gasteiger partial charge in [-0.3, -0.25) is 9.59 Å². The van der Waals surface area contributed by atoms with Crippen molar-refractivity contribution in [2.75, 3.05) is 6.26 Å². The summed E-state index contributed by atoms with van der Waals surface area (Å²) in [6, 6.07) is 7.79. The summed E-state index contributed by atoms with van der Waals surface area (Å²) in [6.07, 6.45) is 2.65. The van der Waals surface area contributed by atoms with E-state index in [9.17, 15) is 30.8 Å². The molecule has 5 rings (SSSR count). The first-order chi connectivity index (χ1) is 18.7. The molecule has 1 saturated carbocycles. The summed E-state index contributed by atoms with van der Waals surface area (Å²) in [5.74, 6) is -6.06. The molecule has 14 heteroatoms. The van der Waals surface area contributed by atoms with Crippen molar-refractivity contribution in [2.24, 2.45) is 0 Å². The normalized spacial score (nSPS) is 14.0. The second kappa shape index (κ2) is 9.63. The van der Waals surface area contributed by atoms with Gasteiger partial charge in [0.1, 0.15) is 16.4 Å². The number of fused-ring (bicyclic) bond motifs is 1. The molecule has 2 N–H and O–H groups in total. The van der Waals surface area contributed by atoms with Crippen molar-refractivity contribution in [3.8, 4) is 11.1 Å². The molecule has 2 aromatic carbocycles. The van der Waals surface area contributed by atoms with E-state index in [4.69, 9.17) is 0 Å². The zero-order valence-corrected chi connectivity index (χ0v) is 22.7. The summed E-state index contributed by atoms with van der Waals surface area (Å²) >= 11 is 0. The quantitative estimate of drug-likeness (QED) is 0.249. The van der Waals surface area contributed by atoms with Crippen molar-refractivity contribution in [1.29, 1.82) is 0 Å². The van der Waals surface area contributed by atoms with Crippen LogP contribution in [0.3, 0.4) is 0 Å². The molecule has 4 aromatic rings. The molecule has 210 valence electrons. The van der Waals surface area contributed by atoms with Crippen molar-refractivity contribution < 1.29 is 34.8 Å². The average Bonchev–Trinajstić information content (AvgIpc) is 3.68. The number of hydrogen-bond acceptors (Lipinski definition) is 6. The molecule has 0 aliphatic heterocycles. The van der Waals surface area contributed by atoms with Gasteiger partial charge in [0.25, 0.3) is 11.5 Å². The molecular formula is C26H22F3N3O6S2. The number of nitrogens with zero attached hydrogens (tertiary/aromatic N) is 1. The van der Waals surface area contributed by atoms with Crippen LogP contribution in [0.25, 0.3) is 22.0 Å². The van der Waals surface area contributed by atoms with Crippen LogP contribution >= 0.6 is 0 Å². The van der Waals surface area contributed by atoms with E-state index in [1.807, 2.05) is 4.72 Å². The second-order valence-corrected chi connectivity index (χ2v) is 13.6. The van der Waals surface area contributed by atoms with Gasteiger partial charge in [-0.15, -0.1) is 0 Å². The first-order valence-electron chi connectivity index (χ1n) is 11.9. The number of aromatic nitrogens is 2. The van der Waals surface area contributed by atoms with Gasteiger partial charge in [-0.25, -0.2) is 34.7 Å². The van der Waals surface area contributed by atoms with Gasteiger partial charge in [-0.05, 0) is 50.1 Å². The fourth-order valence-corrected chi connectivity index (χ4v) is 6.64. The third-order valence-corrected chi connectivity index (χ3v) is 9.56. The minimum Gasteiger partial charge on any atom is -0.331 e. The Morgan fingerprint density at radius 3 is 2.40 bits per heavy atom. The number of sulfone groups is 1. The Hall–Kier alpha value is -3.91. The number of pyridine rings is 1. The van der Waals surface area contributed by atoms with Crippen LogP contribution < -0.4 is 10.3 Å². The average molecular weight is 594 g/mol. The monoisotopic (exact) mass is 593 g/mol. The number of hydrogen-bond donors (Lipinski definition) is 2. The Balaban J connectivity index is 1.85. The number of rotatable bonds is 7. The van der Waals surface area contributed by atoms with Crippen molar-refractivity contribution in [3.05, 3.63) is 87.2 Å². The minimum absolute atomic E-state index is 0.0235. The van der Waals surface area contributed by atoms with Gasteiger partial charge in [-0.1, -0.05) is 11.6 Å². The summed E-state index contributed by atoms with van der Waals surface area (Å²) < 4.78 is 97.5. The highest BCUT2D eigenvalue weighted by Crippen LogP contribution is 2.37. The van der Waals surface area contributed by atoms with E-state index in [2.05, 4.69) is 4.98 Å². The van der Waals surface area contributed by atoms with Gasteiger partial charge in [0.15, 0.2) is 21.5 Å². The van der Waals surface area contributed by atoms with Crippen LogP contribution in [0.4, 0.5) is 13.2 Å². The van der Waals surface area contributed by atoms with Crippen molar-refractivity contribution in [1.82, 2.24) is 14.3 Å². The number of aryl methyl sites for hydroxylation is 1. The predicted octanol–water partition coefficient (Wildman–Crippen LogP) is 3.40. The van der Waals surface area contributed by atoms with E-state index >= 15 is 8.78 Å². The van der Waals surface area contributed by atoms with E-state index in [1.54, 1.807) is 19.1 Å². The topological polar surface area (TPSA) is 135 Å². The number of H-pyrrole nitrogens is 1. The molecule has 0 bridgehead atoms. The first-order valence-corrected chi connectivity index (χ1v) is 15.4. The SMILES string of the molecule is Cc1ccc2c(c1)c(-c1ccc[nH]c1=O)c(C(=O)NS(=O)(=O)C1CC1)n2Cc1c(F)c(F)cc(S(C)(=O)=O)c1F. The highest BCUT2D eigenvalue weighted by Gasteiger charge is 2.38. The molecular weight excluding hydrogens is 571 g/mol. The molecule has 0 atom stereocenters. The molecule has 40 heavy (non-hydrogen) atoms. The van der Waals surface area contributed by atoms with Crippen LogP contribution in [-0.2, 0) is 26.4 Å². The number of carbonyl (C=O) groups excluding carboxylic acids is 1. The van der Waals surface area contributed by atoms with Crippen LogP contribution in [-0.4, -0.2) is 43.8 Å². The Bertz CT molecular complexity index is 2000. The maximum atomic E-state index is 15.4. The van der Waals surface area contributed by atoms with Gasteiger partial charge in [0.05, 0.1) is 11.8 Å². The molecule has 0 saturated heterocycles. The van der Waals surface area contributed by atoms with Gasteiger partial charge in [0, 0.05) is 40.0 Å². The van der Waals surface area contributed by atoms with Crippen LogP contribution in [0.1, 0.15) is 34.5 Å². The third-order valence-electron chi connectivity index (χ3n) is 6.65. The lowest BCUT2D eigenvalue weighted by Crippen LogP contribution is -2.35. The molecule has 1 fully saturated rings. The standard InChI is InChI=1S/C26H22F3N3O6S2/c1-13-5-8-19-16(10-13)21(15-4-3-9-30-25(15)33)24(26(34)31-40(37,38)14-6-7-14)32(19)12-17-22(28)18(27)11-20(23(17)29)39(2,35)36/h3-5,8-11,14H,6-7,12H2,1-2H3,(H,30,33)(H,31,34). The van der Waals surface area contributed by atoms with Gasteiger partial charge in [0.2, 0.25) is 10.0 Å². The lowest BCUT2D eigenvalue weighted by atomic mass is 10.0. The summed E-state index contributed by atoms with van der Waals surface area (Å²) in [4.78, 5) is 27.9. The number of aromatic amines is 1. The largest absolute Gasteiger partial charge is 0.331 e. The van der Waals surface area contributed by atoms with Crippen LogP contribution in [0.15, 0.2) is 52.3 Å². The number of sulfonamides is 1. The minimum atomic E-state index is -4.33. The molecule has 0 radical (unpaired) electrons. The smallest absolute Gasteiger partial charge is 0.282 e. The number of benzene rings is 2. The van der Waals surface area contributed by atoms with Crippen LogP contribution in [0.5, 0.6) is 0 Å². The maximum absolute atomic E-state index is 15.4. The maximum Gasteiger partial charge on any atom is 0.282 e. The van der Waals surface area contributed by atoms with Gasteiger partial charge >= 0.3 is 0 Å². The zero-order chi connectivity index (χ0) is 29.1. The van der Waals surface area contributed by atoms with E-state index < -0.39 is 76.7 Å². The molecule has 1 aliphatic rings. The third kappa shape index (κ3) is 4.81. The van der Waals surface area contributed by atoms with Crippen LogP contribution in [0.2, 0.25) is 0 Å². The fraction of sp³-hybridized carbons (Fsp3) is 0.231. The Morgan fingerprint density at radius 2 is 1.77 bits per heavy atom. The summed E-state index contributed by atoms with van der Waals surface area (Å²) in [7, 11) is -8.44. The van der Waals surface area contributed by atoms with E-state index in [0.717, 1.165) is 4.57 Å². The molecule has 1 aliphatic carbocycles. The van der Waals surface area contributed by atoms with E-state index in [1.165, 1.54) is 24.4 Å². The molecule has 0 unspecified atom stereocenters. The number of nitrogens with one attached hydrogen (secondary N) is 2. The van der Waals surface area contributed by atoms with Gasteiger partial charge < -0.3 is 9.55 Å². The first kappa shape index (κ1) is 27.6. The van der Waals surface area contributed by atoms with Crippen molar-refractivity contribution in [3.63, 3.8) is 0 Å².